The van der Waals surface area contributed by atoms with E-state index >= 15 is 0 Å². The number of carbonyl (C=O) groups is 1. The third-order valence-electron chi connectivity index (χ3n) is 4.68. The number of fused-ring (bicyclic) bond motifs is 1. The summed E-state index contributed by atoms with van der Waals surface area (Å²) in [6, 6.07) is 11.3. The van der Waals surface area contributed by atoms with Crippen LogP contribution in [0.25, 0.3) is 11.1 Å². The fourth-order valence-corrected chi connectivity index (χ4v) is 3.48. The molecule has 0 saturated heterocycles. The number of ether oxygens (including phenoxy) is 2. The van der Waals surface area contributed by atoms with Gasteiger partial charge in [-0.15, -0.1) is 0 Å². The number of unbranched alkanes of at least 4 members (excludes halogenated alkanes) is 1. The highest BCUT2D eigenvalue weighted by molar-refractivity contribution is 6.30. The molecule has 1 N–H and O–H groups in total. The van der Waals surface area contributed by atoms with E-state index < -0.39 is 0 Å². The molecule has 0 unspecified atom stereocenters. The summed E-state index contributed by atoms with van der Waals surface area (Å²) >= 11 is 6.10. The van der Waals surface area contributed by atoms with Crippen molar-refractivity contribution in [3.63, 3.8) is 0 Å². The molecule has 1 aliphatic heterocycles. The van der Waals surface area contributed by atoms with Gasteiger partial charge >= 0.3 is 5.97 Å². The number of hydrogen-bond acceptors (Lipinski definition) is 5. The van der Waals surface area contributed by atoms with Crippen molar-refractivity contribution in [3.8, 4) is 22.6 Å². The summed E-state index contributed by atoms with van der Waals surface area (Å²) in [5.41, 5.74) is 2.81. The minimum Gasteiger partial charge on any atom is -0.504 e. The number of nitrogens with zero attached hydrogens (tertiary/aromatic N) is 1. The maximum atomic E-state index is 11.2. The van der Waals surface area contributed by atoms with E-state index in [0.29, 0.717) is 30.3 Å². The van der Waals surface area contributed by atoms with E-state index in [1.165, 1.54) is 7.11 Å². The smallest absolute Gasteiger partial charge is 0.305 e. The number of phenolic OH excluding ortho intramolecular Hbond substituents is 1. The molecule has 2 aromatic carbocycles. The van der Waals surface area contributed by atoms with Crippen LogP contribution < -0.4 is 4.74 Å². The first-order chi connectivity index (χ1) is 13.1. The third-order valence-corrected chi connectivity index (χ3v) is 4.92. The van der Waals surface area contributed by atoms with Crippen molar-refractivity contribution in [2.75, 3.05) is 26.8 Å². The van der Waals surface area contributed by atoms with Crippen molar-refractivity contribution in [2.45, 2.75) is 25.8 Å². The molecule has 0 bridgehead atoms. The molecule has 6 heteroatoms. The van der Waals surface area contributed by atoms with Gasteiger partial charge in [-0.05, 0) is 54.8 Å². The van der Waals surface area contributed by atoms with Gasteiger partial charge in [-0.25, -0.2) is 0 Å². The Balaban J connectivity index is 1.73. The molecule has 1 heterocycles. The van der Waals surface area contributed by atoms with E-state index in [2.05, 4.69) is 9.64 Å². The molecule has 0 radical (unpaired) electrons. The lowest BCUT2D eigenvalue weighted by atomic mass is 10.0. The highest BCUT2D eigenvalue weighted by atomic mass is 35.5. The second-order valence-electron chi connectivity index (χ2n) is 6.65. The summed E-state index contributed by atoms with van der Waals surface area (Å²) in [6.07, 6.45) is 2.15. The van der Waals surface area contributed by atoms with Crippen LogP contribution in [-0.2, 0) is 16.1 Å². The van der Waals surface area contributed by atoms with Crippen LogP contribution in [0, 0.1) is 0 Å². The molecule has 3 rings (SSSR count). The van der Waals surface area contributed by atoms with Crippen LogP contribution in [0.4, 0.5) is 0 Å². The van der Waals surface area contributed by atoms with E-state index in [1.807, 2.05) is 30.3 Å². The van der Waals surface area contributed by atoms with E-state index in [4.69, 9.17) is 16.3 Å². The third kappa shape index (κ3) is 5.15. The molecular weight excluding hydrogens is 366 g/mol. The first-order valence-corrected chi connectivity index (χ1v) is 9.48. The van der Waals surface area contributed by atoms with Gasteiger partial charge in [-0.2, -0.15) is 0 Å². The van der Waals surface area contributed by atoms with Crippen molar-refractivity contribution < 1.29 is 19.4 Å². The Morgan fingerprint density at radius 3 is 2.89 bits per heavy atom. The SMILES string of the molecule is COC(=O)CCCCN1CCOc2c(O)cc(-c3cccc(Cl)c3)cc2C1. The topological polar surface area (TPSA) is 59.0 Å². The van der Waals surface area contributed by atoms with Crippen LogP contribution in [0.1, 0.15) is 24.8 Å². The number of halogens is 1. The van der Waals surface area contributed by atoms with Gasteiger partial charge in [0.25, 0.3) is 0 Å². The van der Waals surface area contributed by atoms with Crippen molar-refractivity contribution in [1.82, 2.24) is 4.90 Å². The number of esters is 1. The number of hydrogen-bond donors (Lipinski definition) is 1. The minimum atomic E-state index is -0.171. The Kier molecular flexibility index (Phi) is 6.58. The van der Waals surface area contributed by atoms with Gasteiger partial charge in [0.05, 0.1) is 7.11 Å². The predicted molar refractivity (Wildman–Crippen MR) is 105 cm³/mol. The van der Waals surface area contributed by atoms with E-state index in [-0.39, 0.29) is 11.7 Å². The highest BCUT2D eigenvalue weighted by Crippen LogP contribution is 2.38. The lowest BCUT2D eigenvalue weighted by molar-refractivity contribution is -0.140. The van der Waals surface area contributed by atoms with Gasteiger partial charge in [-0.1, -0.05) is 23.7 Å². The average Bonchev–Trinajstić information content (AvgIpc) is 2.87. The second-order valence-corrected chi connectivity index (χ2v) is 7.09. The van der Waals surface area contributed by atoms with Crippen LogP contribution in [0.3, 0.4) is 0 Å². The summed E-state index contributed by atoms with van der Waals surface area (Å²) in [4.78, 5) is 13.5. The zero-order chi connectivity index (χ0) is 19.2. The molecule has 0 amide bonds. The standard InChI is InChI=1S/C21H24ClNO4/c1-26-20(25)7-2-3-8-23-9-10-27-21-17(14-23)11-16(13-19(21)24)15-5-4-6-18(22)12-15/h4-6,11-13,24H,2-3,7-10,14H2,1H3. The van der Waals surface area contributed by atoms with Crippen molar-refractivity contribution >= 4 is 17.6 Å². The lowest BCUT2D eigenvalue weighted by Crippen LogP contribution is -2.26. The Labute approximate surface area is 164 Å². The molecule has 144 valence electrons. The van der Waals surface area contributed by atoms with Crippen LogP contribution >= 0.6 is 11.6 Å². The fraction of sp³-hybridized carbons (Fsp3) is 0.381. The number of methoxy groups -OCH3 is 1. The first-order valence-electron chi connectivity index (χ1n) is 9.10. The zero-order valence-electron chi connectivity index (χ0n) is 15.4. The van der Waals surface area contributed by atoms with Crippen LogP contribution in [-0.4, -0.2) is 42.8 Å². The summed E-state index contributed by atoms with van der Waals surface area (Å²) in [6.45, 7) is 2.85. The number of phenols is 1. The molecule has 5 nitrogen and oxygen atoms in total. The number of benzene rings is 2. The molecule has 0 spiro atoms. The summed E-state index contributed by atoms with van der Waals surface area (Å²) in [5, 5.41) is 11.1. The fourth-order valence-electron chi connectivity index (χ4n) is 3.29. The maximum absolute atomic E-state index is 11.2. The van der Waals surface area contributed by atoms with E-state index in [1.54, 1.807) is 6.07 Å². The van der Waals surface area contributed by atoms with Gasteiger partial charge in [0.15, 0.2) is 11.5 Å². The van der Waals surface area contributed by atoms with E-state index in [0.717, 1.165) is 42.6 Å². The molecule has 0 aromatic heterocycles. The van der Waals surface area contributed by atoms with Crippen LogP contribution in [0.15, 0.2) is 36.4 Å². The minimum absolute atomic E-state index is 0.148. The van der Waals surface area contributed by atoms with Crippen molar-refractivity contribution in [1.29, 1.82) is 0 Å². The summed E-state index contributed by atoms with van der Waals surface area (Å²) in [5.74, 6) is 0.531. The number of aromatic hydroxyl groups is 1. The molecule has 0 atom stereocenters. The first kappa shape index (κ1) is 19.5. The van der Waals surface area contributed by atoms with Gasteiger partial charge < -0.3 is 14.6 Å². The van der Waals surface area contributed by atoms with Crippen molar-refractivity contribution in [3.05, 3.63) is 47.0 Å². The van der Waals surface area contributed by atoms with Crippen LogP contribution in [0.5, 0.6) is 11.5 Å². The Bertz CT molecular complexity index is 809. The summed E-state index contributed by atoms with van der Waals surface area (Å²) in [7, 11) is 1.41. The molecule has 27 heavy (non-hydrogen) atoms. The molecule has 0 fully saturated rings. The normalized spacial score (nSPS) is 14.1. The lowest BCUT2D eigenvalue weighted by Gasteiger charge is -2.19. The number of carbonyl (C=O) groups excluding carboxylic acids is 1. The molecule has 0 saturated carbocycles. The average molecular weight is 390 g/mol. The maximum Gasteiger partial charge on any atom is 0.305 e. The summed E-state index contributed by atoms with van der Waals surface area (Å²) < 4.78 is 10.5. The Morgan fingerprint density at radius 1 is 1.26 bits per heavy atom. The molecule has 2 aromatic rings. The highest BCUT2D eigenvalue weighted by Gasteiger charge is 2.19. The predicted octanol–water partition coefficient (Wildman–Crippen LogP) is 4.25. The Hall–Kier alpha value is -2.24. The van der Waals surface area contributed by atoms with Gasteiger partial charge in [0, 0.05) is 30.1 Å². The van der Waals surface area contributed by atoms with Gasteiger partial charge in [0.1, 0.15) is 6.61 Å². The largest absolute Gasteiger partial charge is 0.504 e. The van der Waals surface area contributed by atoms with Crippen LogP contribution in [0.2, 0.25) is 5.02 Å². The molecule has 1 aliphatic rings. The number of rotatable bonds is 6. The van der Waals surface area contributed by atoms with Gasteiger partial charge in [-0.3, -0.25) is 9.69 Å². The molecule has 0 aliphatic carbocycles. The molecular formula is C21H24ClNO4. The monoisotopic (exact) mass is 389 g/mol. The Morgan fingerprint density at radius 2 is 2.11 bits per heavy atom. The zero-order valence-corrected chi connectivity index (χ0v) is 16.2. The van der Waals surface area contributed by atoms with Crippen molar-refractivity contribution in [2.24, 2.45) is 0 Å². The van der Waals surface area contributed by atoms with E-state index in [9.17, 15) is 9.90 Å². The van der Waals surface area contributed by atoms with Gasteiger partial charge in [0.2, 0.25) is 0 Å². The second kappa shape index (κ2) is 9.11. The quantitative estimate of drug-likeness (QED) is 0.591.